The molecule has 2 aromatic rings. The summed E-state index contributed by atoms with van der Waals surface area (Å²) < 4.78 is 51.8. The molecule has 0 bridgehead atoms. The van der Waals surface area contributed by atoms with Crippen LogP contribution >= 0.6 is 0 Å². The molecule has 1 saturated carbocycles. The third-order valence-electron chi connectivity index (χ3n) is 5.20. The summed E-state index contributed by atoms with van der Waals surface area (Å²) in [5, 5.41) is 2.61. The molecule has 31 heavy (non-hydrogen) atoms. The second-order valence-electron chi connectivity index (χ2n) is 7.60. The Morgan fingerprint density at radius 1 is 1.23 bits per heavy atom. The highest BCUT2D eigenvalue weighted by Gasteiger charge is 2.28. The fraction of sp³-hybridized carbons (Fsp3) is 0.429. The Labute approximate surface area is 180 Å². The van der Waals surface area contributed by atoms with Gasteiger partial charge in [0.05, 0.1) is 30.3 Å². The number of rotatable bonds is 8. The van der Waals surface area contributed by atoms with E-state index in [0.717, 1.165) is 12.1 Å². The van der Waals surface area contributed by atoms with Crippen molar-refractivity contribution < 1.29 is 27.1 Å². The normalized spacial score (nSPS) is 17.3. The van der Waals surface area contributed by atoms with Gasteiger partial charge in [-0.05, 0) is 42.5 Å². The first kappa shape index (κ1) is 21.7. The third kappa shape index (κ3) is 5.38. The van der Waals surface area contributed by atoms with E-state index in [1.165, 1.54) is 23.2 Å². The molecule has 4 rings (SSSR count). The van der Waals surface area contributed by atoms with E-state index in [0.29, 0.717) is 37.2 Å². The minimum absolute atomic E-state index is 0.120. The highest BCUT2D eigenvalue weighted by Crippen LogP contribution is 2.29. The number of pyridine rings is 1. The molecule has 1 aromatic carbocycles. The fourth-order valence-electron chi connectivity index (χ4n) is 3.14. The molecule has 1 saturated heterocycles. The van der Waals surface area contributed by atoms with Gasteiger partial charge in [-0.1, -0.05) is 6.07 Å². The van der Waals surface area contributed by atoms with Crippen molar-refractivity contribution in [3.8, 4) is 5.88 Å². The van der Waals surface area contributed by atoms with Crippen molar-refractivity contribution >= 4 is 15.9 Å². The number of morpholine rings is 1. The quantitative estimate of drug-likeness (QED) is 0.662. The lowest BCUT2D eigenvalue weighted by Gasteiger charge is -2.26. The number of hydrogen-bond donors (Lipinski definition) is 1. The van der Waals surface area contributed by atoms with Gasteiger partial charge < -0.3 is 14.8 Å². The molecule has 1 aromatic heterocycles. The number of halogens is 1. The van der Waals surface area contributed by atoms with Crippen LogP contribution in [0.5, 0.6) is 5.88 Å². The van der Waals surface area contributed by atoms with Gasteiger partial charge in [-0.15, -0.1) is 0 Å². The van der Waals surface area contributed by atoms with E-state index in [4.69, 9.17) is 9.47 Å². The monoisotopic (exact) mass is 449 g/mol. The van der Waals surface area contributed by atoms with Crippen molar-refractivity contribution in [2.75, 3.05) is 32.9 Å². The van der Waals surface area contributed by atoms with Crippen molar-refractivity contribution in [2.45, 2.75) is 24.3 Å². The fourth-order valence-corrected chi connectivity index (χ4v) is 4.58. The Kier molecular flexibility index (Phi) is 6.49. The van der Waals surface area contributed by atoms with Crippen LogP contribution in [-0.4, -0.2) is 56.5 Å². The molecular formula is C21H24FN3O5S. The van der Waals surface area contributed by atoms with Crippen LogP contribution in [0.3, 0.4) is 0 Å². The van der Waals surface area contributed by atoms with E-state index in [1.54, 1.807) is 18.3 Å². The van der Waals surface area contributed by atoms with Gasteiger partial charge in [-0.3, -0.25) is 4.79 Å². The molecule has 1 aliphatic heterocycles. The number of carbonyl (C=O) groups is 1. The number of hydrogen-bond acceptors (Lipinski definition) is 6. The van der Waals surface area contributed by atoms with Crippen LogP contribution in [-0.2, 0) is 21.3 Å². The Morgan fingerprint density at radius 2 is 2.00 bits per heavy atom. The summed E-state index contributed by atoms with van der Waals surface area (Å²) >= 11 is 0. The van der Waals surface area contributed by atoms with Gasteiger partial charge in [-0.25, -0.2) is 17.8 Å². The van der Waals surface area contributed by atoms with Gasteiger partial charge in [0.2, 0.25) is 15.9 Å². The molecule has 166 valence electrons. The van der Waals surface area contributed by atoms with Crippen molar-refractivity contribution in [2.24, 2.45) is 5.92 Å². The minimum Gasteiger partial charge on any atom is -0.477 e. The second-order valence-corrected chi connectivity index (χ2v) is 9.54. The average molecular weight is 450 g/mol. The van der Waals surface area contributed by atoms with Crippen molar-refractivity contribution in [1.82, 2.24) is 14.6 Å². The van der Waals surface area contributed by atoms with Gasteiger partial charge in [0, 0.05) is 31.9 Å². The number of sulfonamides is 1. The largest absolute Gasteiger partial charge is 0.477 e. The summed E-state index contributed by atoms with van der Waals surface area (Å²) in [4.78, 5) is 16.6. The van der Waals surface area contributed by atoms with Gasteiger partial charge in [0.1, 0.15) is 5.82 Å². The maximum absolute atomic E-state index is 14.3. The van der Waals surface area contributed by atoms with Crippen LogP contribution in [0, 0.1) is 11.7 Å². The number of aromatic nitrogens is 1. The number of benzene rings is 1. The topological polar surface area (TPSA) is 97.8 Å². The van der Waals surface area contributed by atoms with Crippen molar-refractivity contribution in [3.05, 3.63) is 53.5 Å². The molecule has 2 aliphatic rings. The summed E-state index contributed by atoms with van der Waals surface area (Å²) in [6.45, 7) is 1.81. The molecule has 0 atom stereocenters. The zero-order valence-corrected chi connectivity index (χ0v) is 17.7. The molecular weight excluding hydrogens is 425 g/mol. The number of amides is 1. The zero-order chi connectivity index (χ0) is 21.8. The van der Waals surface area contributed by atoms with Gasteiger partial charge >= 0.3 is 0 Å². The SMILES string of the molecule is O=C(NCc1ccc(OCC2CC2)nc1)c1cc(S(=O)(=O)N2CCOCC2)ccc1F. The first-order valence-corrected chi connectivity index (χ1v) is 11.6. The molecule has 0 unspecified atom stereocenters. The Hall–Kier alpha value is -2.56. The molecule has 0 spiro atoms. The van der Waals surface area contributed by atoms with E-state index in [-0.39, 0.29) is 30.1 Å². The van der Waals surface area contributed by atoms with Crippen LogP contribution in [0.25, 0.3) is 0 Å². The summed E-state index contributed by atoms with van der Waals surface area (Å²) in [6, 6.07) is 6.73. The number of carbonyl (C=O) groups excluding carboxylic acids is 1. The minimum atomic E-state index is -3.83. The molecule has 0 radical (unpaired) electrons. The van der Waals surface area contributed by atoms with E-state index >= 15 is 0 Å². The molecule has 1 N–H and O–H groups in total. The van der Waals surface area contributed by atoms with E-state index in [1.807, 2.05) is 0 Å². The van der Waals surface area contributed by atoms with E-state index in [9.17, 15) is 17.6 Å². The first-order chi connectivity index (χ1) is 14.9. The molecule has 8 nitrogen and oxygen atoms in total. The lowest BCUT2D eigenvalue weighted by atomic mass is 10.2. The zero-order valence-electron chi connectivity index (χ0n) is 16.9. The standard InChI is InChI=1S/C21H24FN3O5S/c22-19-5-4-17(31(27,28)25-7-9-29-10-8-25)11-18(19)21(26)24-13-16-3-6-20(23-12-16)30-14-15-1-2-15/h3-6,11-12,15H,1-2,7-10,13-14H2,(H,24,26). The third-order valence-corrected chi connectivity index (χ3v) is 7.10. The summed E-state index contributed by atoms with van der Waals surface area (Å²) in [6.07, 6.45) is 3.96. The number of nitrogens with zero attached hydrogens (tertiary/aromatic N) is 2. The van der Waals surface area contributed by atoms with Crippen LogP contribution in [0.15, 0.2) is 41.4 Å². The van der Waals surface area contributed by atoms with E-state index in [2.05, 4.69) is 10.3 Å². The average Bonchev–Trinajstić information content (AvgIpc) is 3.62. The lowest BCUT2D eigenvalue weighted by molar-refractivity contribution is 0.0730. The van der Waals surface area contributed by atoms with Crippen molar-refractivity contribution in [3.63, 3.8) is 0 Å². The van der Waals surface area contributed by atoms with E-state index < -0.39 is 21.7 Å². The van der Waals surface area contributed by atoms with Gasteiger partial charge in [0.25, 0.3) is 5.91 Å². The van der Waals surface area contributed by atoms with Crippen LogP contribution in [0.2, 0.25) is 0 Å². The maximum atomic E-state index is 14.3. The highest BCUT2D eigenvalue weighted by atomic mass is 32.2. The lowest BCUT2D eigenvalue weighted by Crippen LogP contribution is -2.40. The Balaban J connectivity index is 1.40. The molecule has 2 heterocycles. The Morgan fingerprint density at radius 3 is 2.68 bits per heavy atom. The predicted octanol–water partition coefficient (Wildman–Crippen LogP) is 1.96. The van der Waals surface area contributed by atoms with Gasteiger partial charge in [0.15, 0.2) is 0 Å². The first-order valence-electron chi connectivity index (χ1n) is 10.2. The number of ether oxygens (including phenoxy) is 2. The Bertz CT molecular complexity index is 1040. The number of nitrogens with one attached hydrogen (secondary N) is 1. The van der Waals surface area contributed by atoms with Crippen molar-refractivity contribution in [1.29, 1.82) is 0 Å². The second kappa shape index (κ2) is 9.29. The molecule has 2 fully saturated rings. The van der Waals surface area contributed by atoms with Crippen LogP contribution in [0.1, 0.15) is 28.8 Å². The summed E-state index contributed by atoms with van der Waals surface area (Å²) in [5.74, 6) is -0.349. The smallest absolute Gasteiger partial charge is 0.254 e. The van der Waals surface area contributed by atoms with Gasteiger partial charge in [-0.2, -0.15) is 4.31 Å². The summed E-state index contributed by atoms with van der Waals surface area (Å²) in [5.41, 5.74) is 0.385. The van der Waals surface area contributed by atoms with Crippen LogP contribution < -0.4 is 10.1 Å². The molecule has 10 heteroatoms. The predicted molar refractivity (Wildman–Crippen MR) is 110 cm³/mol. The van der Waals surface area contributed by atoms with Crippen LogP contribution in [0.4, 0.5) is 4.39 Å². The molecule has 1 aliphatic carbocycles. The molecule has 1 amide bonds. The summed E-state index contributed by atoms with van der Waals surface area (Å²) in [7, 11) is -3.83. The highest BCUT2D eigenvalue weighted by molar-refractivity contribution is 7.89. The maximum Gasteiger partial charge on any atom is 0.254 e.